The third-order valence-corrected chi connectivity index (χ3v) is 5.30. The lowest BCUT2D eigenvalue weighted by Crippen LogP contribution is -2.29. The Morgan fingerprint density at radius 3 is 2.50 bits per heavy atom. The zero-order chi connectivity index (χ0) is 17.7. The lowest BCUT2D eigenvalue weighted by atomic mass is 10.0. The lowest BCUT2D eigenvalue weighted by Gasteiger charge is -2.19. The predicted molar refractivity (Wildman–Crippen MR) is 92.3 cm³/mol. The van der Waals surface area contributed by atoms with Gasteiger partial charge in [0.15, 0.2) is 0 Å². The topological polar surface area (TPSA) is 72.5 Å². The van der Waals surface area contributed by atoms with E-state index in [2.05, 4.69) is 9.46 Å². The third-order valence-electron chi connectivity index (χ3n) is 3.83. The van der Waals surface area contributed by atoms with Crippen molar-refractivity contribution in [2.24, 2.45) is 0 Å². The van der Waals surface area contributed by atoms with Gasteiger partial charge in [-0.25, -0.2) is 17.9 Å². The number of esters is 1. The van der Waals surface area contributed by atoms with Gasteiger partial charge in [-0.1, -0.05) is 37.3 Å². The first-order chi connectivity index (χ1) is 11.4. The van der Waals surface area contributed by atoms with Crippen LogP contribution in [0.1, 0.15) is 40.9 Å². The van der Waals surface area contributed by atoms with E-state index in [9.17, 15) is 13.2 Å². The summed E-state index contributed by atoms with van der Waals surface area (Å²) in [4.78, 5) is 11.6. The fourth-order valence-corrected chi connectivity index (χ4v) is 3.85. The second kappa shape index (κ2) is 7.59. The van der Waals surface area contributed by atoms with Crippen molar-refractivity contribution in [3.05, 3.63) is 65.2 Å². The van der Waals surface area contributed by atoms with Crippen molar-refractivity contribution in [3.63, 3.8) is 0 Å². The molecule has 5 nitrogen and oxygen atoms in total. The molecule has 0 fully saturated rings. The van der Waals surface area contributed by atoms with Crippen molar-refractivity contribution < 1.29 is 17.9 Å². The van der Waals surface area contributed by atoms with Crippen LogP contribution in [0, 0.1) is 6.92 Å². The molecule has 0 aliphatic rings. The highest BCUT2D eigenvalue weighted by Gasteiger charge is 2.22. The average Bonchev–Trinajstić information content (AvgIpc) is 2.59. The van der Waals surface area contributed by atoms with E-state index < -0.39 is 16.0 Å². The first-order valence-electron chi connectivity index (χ1n) is 7.65. The molecule has 6 heteroatoms. The van der Waals surface area contributed by atoms with Crippen LogP contribution in [-0.4, -0.2) is 21.5 Å². The number of hydrogen-bond donors (Lipinski definition) is 1. The normalized spacial score (nSPS) is 12.6. The molecular weight excluding hydrogens is 326 g/mol. The largest absolute Gasteiger partial charge is 0.465 e. The summed E-state index contributed by atoms with van der Waals surface area (Å²) in [6, 6.07) is 13.1. The molecule has 0 aliphatic carbocycles. The minimum atomic E-state index is -3.76. The van der Waals surface area contributed by atoms with Crippen LogP contribution in [-0.2, 0) is 14.8 Å². The number of rotatable bonds is 6. The van der Waals surface area contributed by atoms with Gasteiger partial charge < -0.3 is 4.74 Å². The molecule has 128 valence electrons. The number of methoxy groups -OCH3 is 1. The van der Waals surface area contributed by atoms with Crippen molar-refractivity contribution in [3.8, 4) is 0 Å². The molecule has 1 atom stereocenters. The van der Waals surface area contributed by atoms with E-state index in [1.54, 1.807) is 0 Å². The molecule has 0 aromatic heterocycles. The highest BCUT2D eigenvalue weighted by molar-refractivity contribution is 7.89. The lowest BCUT2D eigenvalue weighted by molar-refractivity contribution is 0.0600. The maximum atomic E-state index is 12.7. The van der Waals surface area contributed by atoms with Gasteiger partial charge >= 0.3 is 5.97 Å². The first-order valence-corrected chi connectivity index (χ1v) is 9.13. The fraction of sp³-hybridized carbons (Fsp3) is 0.278. The van der Waals surface area contributed by atoms with E-state index >= 15 is 0 Å². The minimum Gasteiger partial charge on any atom is -0.465 e. The minimum absolute atomic E-state index is 0.0393. The zero-order valence-electron chi connectivity index (χ0n) is 13.9. The molecule has 0 aliphatic heterocycles. The summed E-state index contributed by atoms with van der Waals surface area (Å²) < 4.78 is 32.7. The van der Waals surface area contributed by atoms with Crippen LogP contribution in [0.25, 0.3) is 0 Å². The van der Waals surface area contributed by atoms with Gasteiger partial charge in [0.05, 0.1) is 17.6 Å². The monoisotopic (exact) mass is 347 g/mol. The SMILES string of the molecule is CCC(NS(=O)(=O)c1cccc(C(=O)OC)c1)c1ccccc1C. The second-order valence-corrected chi connectivity index (χ2v) is 7.17. The molecule has 0 amide bonds. The van der Waals surface area contributed by atoms with Gasteiger partial charge in [-0.15, -0.1) is 0 Å². The molecule has 0 heterocycles. The Morgan fingerprint density at radius 1 is 1.17 bits per heavy atom. The zero-order valence-corrected chi connectivity index (χ0v) is 14.8. The van der Waals surface area contributed by atoms with Gasteiger partial charge in [-0.05, 0) is 42.7 Å². The Morgan fingerprint density at radius 2 is 1.88 bits per heavy atom. The second-order valence-electron chi connectivity index (χ2n) is 5.46. The first kappa shape index (κ1) is 18.2. The van der Waals surface area contributed by atoms with E-state index in [4.69, 9.17) is 0 Å². The van der Waals surface area contributed by atoms with Gasteiger partial charge in [0, 0.05) is 6.04 Å². The number of carbonyl (C=O) groups is 1. The molecule has 1 unspecified atom stereocenters. The highest BCUT2D eigenvalue weighted by Crippen LogP contribution is 2.23. The number of benzene rings is 2. The van der Waals surface area contributed by atoms with Crippen molar-refractivity contribution >= 4 is 16.0 Å². The Kier molecular flexibility index (Phi) is 5.75. The smallest absolute Gasteiger partial charge is 0.337 e. The van der Waals surface area contributed by atoms with E-state index in [-0.39, 0.29) is 16.5 Å². The quantitative estimate of drug-likeness (QED) is 0.815. The van der Waals surface area contributed by atoms with E-state index in [1.807, 2.05) is 38.1 Å². The summed E-state index contributed by atoms with van der Waals surface area (Å²) in [5, 5.41) is 0. The Balaban J connectivity index is 2.33. The van der Waals surface area contributed by atoms with Crippen LogP contribution in [0.2, 0.25) is 0 Å². The van der Waals surface area contributed by atoms with Gasteiger partial charge in [0.1, 0.15) is 0 Å². The van der Waals surface area contributed by atoms with Gasteiger partial charge in [-0.3, -0.25) is 0 Å². The molecular formula is C18H21NO4S. The molecule has 0 saturated heterocycles. The highest BCUT2D eigenvalue weighted by atomic mass is 32.2. The molecule has 0 spiro atoms. The van der Waals surface area contributed by atoms with Crippen LogP contribution >= 0.6 is 0 Å². The summed E-state index contributed by atoms with van der Waals surface area (Å²) >= 11 is 0. The Bertz CT molecular complexity index is 830. The summed E-state index contributed by atoms with van der Waals surface area (Å²) in [5.74, 6) is -0.571. The molecule has 24 heavy (non-hydrogen) atoms. The Hall–Kier alpha value is -2.18. The standard InChI is InChI=1S/C18H21NO4S/c1-4-17(16-11-6-5-8-13(16)2)19-24(21,22)15-10-7-9-14(12-15)18(20)23-3/h5-12,17,19H,4H2,1-3H3. The van der Waals surface area contributed by atoms with Gasteiger partial charge in [-0.2, -0.15) is 0 Å². The molecule has 0 saturated carbocycles. The maximum absolute atomic E-state index is 12.7. The summed E-state index contributed by atoms with van der Waals surface area (Å²) in [6.07, 6.45) is 0.612. The van der Waals surface area contributed by atoms with E-state index in [0.717, 1.165) is 11.1 Å². The molecule has 2 aromatic carbocycles. The number of carbonyl (C=O) groups excluding carboxylic acids is 1. The maximum Gasteiger partial charge on any atom is 0.337 e. The summed E-state index contributed by atoms with van der Waals surface area (Å²) in [6.45, 7) is 3.87. The molecule has 0 radical (unpaired) electrons. The van der Waals surface area contributed by atoms with E-state index in [0.29, 0.717) is 6.42 Å². The third kappa shape index (κ3) is 4.01. The molecule has 1 N–H and O–H groups in total. The molecule has 2 rings (SSSR count). The van der Waals surface area contributed by atoms with Crippen molar-refractivity contribution in [1.82, 2.24) is 4.72 Å². The number of hydrogen-bond acceptors (Lipinski definition) is 4. The molecule has 0 bridgehead atoms. The summed E-state index contributed by atoms with van der Waals surface area (Å²) in [5.41, 5.74) is 2.16. The van der Waals surface area contributed by atoms with Crippen LogP contribution < -0.4 is 4.72 Å². The van der Waals surface area contributed by atoms with Crippen LogP contribution in [0.4, 0.5) is 0 Å². The van der Waals surface area contributed by atoms with Crippen LogP contribution in [0.3, 0.4) is 0 Å². The fourth-order valence-electron chi connectivity index (χ4n) is 2.51. The van der Waals surface area contributed by atoms with Crippen molar-refractivity contribution in [2.45, 2.75) is 31.2 Å². The number of nitrogens with one attached hydrogen (secondary N) is 1. The van der Waals surface area contributed by atoms with Crippen LogP contribution in [0.15, 0.2) is 53.4 Å². The number of aryl methyl sites for hydroxylation is 1. The summed E-state index contributed by atoms with van der Waals surface area (Å²) in [7, 11) is -2.50. The number of sulfonamides is 1. The van der Waals surface area contributed by atoms with Crippen molar-refractivity contribution in [1.29, 1.82) is 0 Å². The number of ether oxygens (including phenoxy) is 1. The predicted octanol–water partition coefficient (Wildman–Crippen LogP) is 3.21. The van der Waals surface area contributed by atoms with Crippen LogP contribution in [0.5, 0.6) is 0 Å². The van der Waals surface area contributed by atoms with Crippen molar-refractivity contribution in [2.75, 3.05) is 7.11 Å². The van der Waals surface area contributed by atoms with Gasteiger partial charge in [0.2, 0.25) is 10.0 Å². The van der Waals surface area contributed by atoms with Gasteiger partial charge in [0.25, 0.3) is 0 Å². The van der Waals surface area contributed by atoms with E-state index in [1.165, 1.54) is 31.4 Å². The average molecular weight is 347 g/mol. The Labute approximate surface area is 142 Å². The molecule has 2 aromatic rings.